The molecule has 0 aliphatic rings. The number of rotatable bonds is 2. The molecule has 0 aliphatic carbocycles. The molecule has 12 heavy (non-hydrogen) atoms. The molecular weight excluding hydrogens is 171 g/mol. The fraction of sp³-hybridized carbons (Fsp3) is 0.571. The quantitative estimate of drug-likeness (QED) is 0.658. The maximum Gasteiger partial charge on any atom is 0.430 e. The first-order chi connectivity index (χ1) is 5.25. The first-order valence-electron chi connectivity index (χ1n) is 3.33. The minimum absolute atomic E-state index is 0.421. The molecule has 70 valence electrons. The number of ketones is 1. The molecule has 0 saturated heterocycles. The van der Waals surface area contributed by atoms with Crippen LogP contribution in [-0.4, -0.2) is 12.0 Å². The van der Waals surface area contributed by atoms with Gasteiger partial charge in [-0.05, 0) is 0 Å². The van der Waals surface area contributed by atoms with Crippen LogP contribution in [0.4, 0.5) is 13.2 Å². The molecule has 0 radical (unpaired) electrons. The van der Waals surface area contributed by atoms with E-state index >= 15 is 0 Å². The van der Waals surface area contributed by atoms with Crippen molar-refractivity contribution in [1.82, 2.24) is 0 Å². The van der Waals surface area contributed by atoms with Crippen LogP contribution in [0.5, 0.6) is 0 Å². The maximum absolute atomic E-state index is 11.7. The molecular formula is C7H10F3NO. The van der Waals surface area contributed by atoms with E-state index in [9.17, 15) is 18.0 Å². The van der Waals surface area contributed by atoms with E-state index in [1.54, 1.807) is 0 Å². The van der Waals surface area contributed by atoms with E-state index in [1.165, 1.54) is 13.8 Å². The number of halogens is 3. The van der Waals surface area contributed by atoms with Gasteiger partial charge in [0.05, 0.1) is 0 Å². The second-order valence-electron chi connectivity index (χ2n) is 2.65. The molecule has 5 heteroatoms. The highest BCUT2D eigenvalue weighted by atomic mass is 19.4. The summed E-state index contributed by atoms with van der Waals surface area (Å²) < 4.78 is 35.2. The van der Waals surface area contributed by atoms with Gasteiger partial charge in [0.2, 0.25) is 0 Å². The van der Waals surface area contributed by atoms with Gasteiger partial charge in [0.1, 0.15) is 5.70 Å². The lowest BCUT2D eigenvalue weighted by molar-refractivity contribution is -0.118. The van der Waals surface area contributed by atoms with Gasteiger partial charge < -0.3 is 5.73 Å². The van der Waals surface area contributed by atoms with Gasteiger partial charge in [-0.2, -0.15) is 13.2 Å². The first-order valence-corrected chi connectivity index (χ1v) is 3.33. The van der Waals surface area contributed by atoms with Crippen molar-refractivity contribution >= 4 is 5.78 Å². The standard InChI is InChI=1S/C7H10F3NO/c1-4(2)5(12)3-6(11)7(8,9)10/h3-4H,11H2,1-2H3. The monoisotopic (exact) mass is 181 g/mol. The van der Waals surface area contributed by atoms with E-state index in [4.69, 9.17) is 0 Å². The smallest absolute Gasteiger partial charge is 0.395 e. The molecule has 0 aromatic carbocycles. The van der Waals surface area contributed by atoms with Crippen LogP contribution >= 0.6 is 0 Å². The third kappa shape index (κ3) is 3.41. The Kier molecular flexibility index (Phi) is 3.30. The van der Waals surface area contributed by atoms with E-state index in [0.717, 1.165) is 0 Å². The molecule has 0 bridgehead atoms. The number of allylic oxidation sites excluding steroid dienone is 2. The Bertz CT molecular complexity index is 205. The highest BCUT2D eigenvalue weighted by molar-refractivity contribution is 5.91. The molecule has 0 amide bonds. The summed E-state index contributed by atoms with van der Waals surface area (Å²) in [6.07, 6.45) is -4.19. The van der Waals surface area contributed by atoms with Gasteiger partial charge in [0.25, 0.3) is 0 Å². The second-order valence-corrected chi connectivity index (χ2v) is 2.65. The van der Waals surface area contributed by atoms with E-state index in [1.807, 2.05) is 0 Å². The first kappa shape index (κ1) is 11.0. The summed E-state index contributed by atoms with van der Waals surface area (Å²) in [4.78, 5) is 10.7. The van der Waals surface area contributed by atoms with Crippen LogP contribution in [0.3, 0.4) is 0 Å². The van der Waals surface area contributed by atoms with Crippen LogP contribution in [0.1, 0.15) is 13.8 Å². The summed E-state index contributed by atoms with van der Waals surface area (Å²) in [5.41, 5.74) is 3.26. The van der Waals surface area contributed by atoms with Gasteiger partial charge in [-0.15, -0.1) is 0 Å². The normalized spacial score (nSPS) is 13.7. The van der Waals surface area contributed by atoms with Crippen LogP contribution < -0.4 is 5.73 Å². The van der Waals surface area contributed by atoms with Gasteiger partial charge in [0, 0.05) is 12.0 Å². The average Bonchev–Trinajstić information content (AvgIpc) is 1.85. The lowest BCUT2D eigenvalue weighted by atomic mass is 10.1. The molecule has 0 fully saturated rings. The summed E-state index contributed by atoms with van der Waals surface area (Å²) in [6.45, 7) is 3.00. The maximum atomic E-state index is 11.7. The van der Waals surface area contributed by atoms with Gasteiger partial charge >= 0.3 is 6.18 Å². The summed E-state index contributed by atoms with van der Waals surface area (Å²) in [6, 6.07) is 0. The van der Waals surface area contributed by atoms with Crippen molar-refractivity contribution in [3.05, 3.63) is 11.8 Å². The number of alkyl halides is 3. The summed E-state index contributed by atoms with van der Waals surface area (Å²) in [5.74, 6) is -1.09. The van der Waals surface area contributed by atoms with Crippen molar-refractivity contribution in [1.29, 1.82) is 0 Å². The van der Waals surface area contributed by atoms with Gasteiger partial charge in [-0.25, -0.2) is 0 Å². The molecule has 0 aliphatic heterocycles. The molecule has 0 rings (SSSR count). The Labute approximate surface area is 68.2 Å². The van der Waals surface area contributed by atoms with E-state index in [2.05, 4.69) is 5.73 Å². The van der Waals surface area contributed by atoms with E-state index < -0.39 is 23.6 Å². The number of carbonyl (C=O) groups excluding carboxylic acids is 1. The number of nitrogens with two attached hydrogens (primary N) is 1. The van der Waals surface area contributed by atoms with Gasteiger partial charge in [0.15, 0.2) is 5.78 Å². The lowest BCUT2D eigenvalue weighted by Gasteiger charge is -2.06. The predicted molar refractivity (Wildman–Crippen MR) is 38.2 cm³/mol. The highest BCUT2D eigenvalue weighted by Gasteiger charge is 2.32. The van der Waals surface area contributed by atoms with E-state index in [-0.39, 0.29) is 0 Å². The third-order valence-corrected chi connectivity index (χ3v) is 1.19. The van der Waals surface area contributed by atoms with Gasteiger partial charge in [-0.3, -0.25) is 4.79 Å². The average molecular weight is 181 g/mol. The summed E-state index contributed by atoms with van der Waals surface area (Å²) in [7, 11) is 0. The molecule has 0 saturated carbocycles. The van der Waals surface area contributed by atoms with Crippen LogP contribution in [0.25, 0.3) is 0 Å². The van der Waals surface area contributed by atoms with Crippen molar-refractivity contribution < 1.29 is 18.0 Å². The molecule has 0 atom stereocenters. The number of hydrogen-bond acceptors (Lipinski definition) is 2. The van der Waals surface area contributed by atoms with Crippen LogP contribution in [0.2, 0.25) is 0 Å². The molecule has 0 spiro atoms. The summed E-state index contributed by atoms with van der Waals surface area (Å²) >= 11 is 0. The number of carbonyl (C=O) groups is 1. The Balaban J connectivity index is 4.48. The molecule has 0 aromatic heterocycles. The molecule has 0 aromatic rings. The minimum atomic E-state index is -4.61. The minimum Gasteiger partial charge on any atom is -0.395 e. The third-order valence-electron chi connectivity index (χ3n) is 1.19. The zero-order valence-corrected chi connectivity index (χ0v) is 6.77. The molecule has 2 nitrogen and oxygen atoms in total. The Morgan fingerprint density at radius 2 is 1.83 bits per heavy atom. The lowest BCUT2D eigenvalue weighted by Crippen LogP contribution is -2.21. The molecule has 2 N–H and O–H groups in total. The largest absolute Gasteiger partial charge is 0.430 e. The molecule has 0 unspecified atom stereocenters. The fourth-order valence-corrected chi connectivity index (χ4v) is 0.402. The van der Waals surface area contributed by atoms with Crippen LogP contribution in [0.15, 0.2) is 11.8 Å². The van der Waals surface area contributed by atoms with Crippen molar-refractivity contribution in [3.63, 3.8) is 0 Å². The Morgan fingerprint density at radius 3 is 2.08 bits per heavy atom. The SMILES string of the molecule is CC(C)C(=O)C=C(N)C(F)(F)F. The van der Waals surface area contributed by atoms with Crippen molar-refractivity contribution in [2.24, 2.45) is 11.7 Å². The molecule has 0 heterocycles. The summed E-state index contributed by atoms with van der Waals surface area (Å²) in [5, 5.41) is 0. The van der Waals surface area contributed by atoms with Crippen LogP contribution in [-0.2, 0) is 4.79 Å². The second kappa shape index (κ2) is 3.60. The van der Waals surface area contributed by atoms with Gasteiger partial charge in [-0.1, -0.05) is 13.8 Å². The zero-order valence-electron chi connectivity index (χ0n) is 6.77. The topological polar surface area (TPSA) is 43.1 Å². The Morgan fingerprint density at radius 1 is 1.42 bits per heavy atom. The number of hydrogen-bond donors (Lipinski definition) is 1. The fourth-order valence-electron chi connectivity index (χ4n) is 0.402. The van der Waals surface area contributed by atoms with Crippen LogP contribution in [0, 0.1) is 5.92 Å². The van der Waals surface area contributed by atoms with Crippen molar-refractivity contribution in [2.45, 2.75) is 20.0 Å². The van der Waals surface area contributed by atoms with E-state index in [0.29, 0.717) is 6.08 Å². The Hall–Kier alpha value is -1.00. The van der Waals surface area contributed by atoms with Crippen molar-refractivity contribution in [2.75, 3.05) is 0 Å². The predicted octanol–water partition coefficient (Wildman–Crippen LogP) is 1.62. The zero-order chi connectivity index (χ0) is 9.94. The van der Waals surface area contributed by atoms with Crippen molar-refractivity contribution in [3.8, 4) is 0 Å². The highest BCUT2D eigenvalue weighted by Crippen LogP contribution is 2.21.